The van der Waals surface area contributed by atoms with Crippen LogP contribution < -0.4 is 5.32 Å². The first-order valence-corrected chi connectivity index (χ1v) is 6.79. The highest BCUT2D eigenvalue weighted by Crippen LogP contribution is 2.57. The summed E-state index contributed by atoms with van der Waals surface area (Å²) in [5.41, 5.74) is 0.380. The van der Waals surface area contributed by atoms with Gasteiger partial charge in [0.1, 0.15) is 16.5 Å². The van der Waals surface area contributed by atoms with E-state index >= 15 is 0 Å². The molecule has 0 bridgehead atoms. The van der Waals surface area contributed by atoms with Crippen LogP contribution in [-0.4, -0.2) is 17.0 Å². The van der Waals surface area contributed by atoms with Gasteiger partial charge in [0.2, 0.25) is 0 Å². The Bertz CT molecular complexity index is 586. The quantitative estimate of drug-likeness (QED) is 0.881. The lowest BCUT2D eigenvalue weighted by Crippen LogP contribution is -2.01. The summed E-state index contributed by atoms with van der Waals surface area (Å²) in [5.74, 6) is 2.51. The van der Waals surface area contributed by atoms with Gasteiger partial charge in [0, 0.05) is 17.8 Å². The zero-order valence-corrected chi connectivity index (χ0v) is 11.5. The molecule has 3 rings (SSSR count). The van der Waals surface area contributed by atoms with Crippen LogP contribution in [0.2, 0.25) is 0 Å². The predicted octanol–water partition coefficient (Wildman–Crippen LogP) is 3.55. The van der Waals surface area contributed by atoms with E-state index in [1.54, 1.807) is 11.3 Å². The highest BCUT2D eigenvalue weighted by atomic mass is 32.1. The fraction of sp³-hybridized carbons (Fsp3) is 0.538. The van der Waals surface area contributed by atoms with E-state index < -0.39 is 0 Å². The van der Waals surface area contributed by atoms with Crippen molar-refractivity contribution in [3.05, 3.63) is 16.8 Å². The first kappa shape index (κ1) is 11.0. The van der Waals surface area contributed by atoms with Gasteiger partial charge in [0.25, 0.3) is 0 Å². The van der Waals surface area contributed by atoms with Gasteiger partial charge in [-0.05, 0) is 24.8 Å². The topological polar surface area (TPSA) is 37.8 Å². The van der Waals surface area contributed by atoms with E-state index in [4.69, 9.17) is 4.98 Å². The first-order valence-electron chi connectivity index (χ1n) is 5.97. The van der Waals surface area contributed by atoms with Crippen LogP contribution in [0, 0.1) is 12.3 Å². The lowest BCUT2D eigenvalue weighted by atomic mass is 10.1. The Hall–Kier alpha value is -1.16. The highest BCUT2D eigenvalue weighted by Gasteiger charge is 2.48. The maximum Gasteiger partial charge on any atom is 0.138 e. The standard InChI is InChI=1S/C13H17N3S/c1-7-5-8-10(14-4)15-11(16-12(8)17-7)9-6-13(9,2)3/h5,9H,6H2,1-4H3,(H,14,15,16). The van der Waals surface area contributed by atoms with Crippen molar-refractivity contribution in [3.63, 3.8) is 0 Å². The molecule has 1 fully saturated rings. The van der Waals surface area contributed by atoms with Crippen molar-refractivity contribution >= 4 is 27.4 Å². The van der Waals surface area contributed by atoms with E-state index in [9.17, 15) is 0 Å². The average molecular weight is 247 g/mol. The van der Waals surface area contributed by atoms with Gasteiger partial charge in [0.05, 0.1) is 5.39 Å². The minimum Gasteiger partial charge on any atom is -0.372 e. The van der Waals surface area contributed by atoms with Gasteiger partial charge >= 0.3 is 0 Å². The van der Waals surface area contributed by atoms with Crippen LogP contribution in [-0.2, 0) is 0 Å². The van der Waals surface area contributed by atoms with Gasteiger partial charge in [-0.3, -0.25) is 0 Å². The minimum atomic E-state index is 0.380. The molecule has 0 aromatic carbocycles. The summed E-state index contributed by atoms with van der Waals surface area (Å²) < 4.78 is 0. The van der Waals surface area contributed by atoms with Gasteiger partial charge in [0.15, 0.2) is 0 Å². The fourth-order valence-electron chi connectivity index (χ4n) is 2.31. The molecule has 1 aliphatic carbocycles. The summed E-state index contributed by atoms with van der Waals surface area (Å²) in [6.45, 7) is 6.68. The van der Waals surface area contributed by atoms with Crippen LogP contribution in [0.25, 0.3) is 10.2 Å². The zero-order chi connectivity index (χ0) is 12.2. The number of fused-ring (bicyclic) bond motifs is 1. The van der Waals surface area contributed by atoms with Crippen molar-refractivity contribution in [2.45, 2.75) is 33.1 Å². The van der Waals surface area contributed by atoms with E-state index in [0.29, 0.717) is 11.3 Å². The van der Waals surface area contributed by atoms with Crippen LogP contribution >= 0.6 is 11.3 Å². The van der Waals surface area contributed by atoms with Crippen molar-refractivity contribution < 1.29 is 0 Å². The van der Waals surface area contributed by atoms with Crippen LogP contribution in [0.1, 0.15) is 36.9 Å². The summed E-state index contributed by atoms with van der Waals surface area (Å²) in [6.07, 6.45) is 1.20. The second-order valence-electron chi connectivity index (χ2n) is 5.50. The number of anilines is 1. The number of aryl methyl sites for hydroxylation is 1. The van der Waals surface area contributed by atoms with E-state index in [1.807, 2.05) is 7.05 Å². The van der Waals surface area contributed by atoms with Crippen molar-refractivity contribution in [1.82, 2.24) is 9.97 Å². The Balaban J connectivity index is 2.15. The SMILES string of the molecule is CNc1nc(C2CC2(C)C)nc2sc(C)cc12. The van der Waals surface area contributed by atoms with Crippen molar-refractivity contribution in [1.29, 1.82) is 0 Å². The second-order valence-corrected chi connectivity index (χ2v) is 6.74. The van der Waals surface area contributed by atoms with Gasteiger partial charge in [-0.15, -0.1) is 11.3 Å². The summed E-state index contributed by atoms with van der Waals surface area (Å²) in [6, 6.07) is 2.16. The van der Waals surface area contributed by atoms with Gasteiger partial charge < -0.3 is 5.32 Å². The van der Waals surface area contributed by atoms with Crippen molar-refractivity contribution in [3.8, 4) is 0 Å². The minimum absolute atomic E-state index is 0.380. The van der Waals surface area contributed by atoms with Crippen LogP contribution in [0.3, 0.4) is 0 Å². The summed E-state index contributed by atoms with van der Waals surface area (Å²) >= 11 is 1.75. The zero-order valence-electron chi connectivity index (χ0n) is 10.7. The molecule has 2 heterocycles. The van der Waals surface area contributed by atoms with E-state index in [2.05, 4.69) is 37.1 Å². The molecule has 1 N–H and O–H groups in total. The molecule has 0 spiro atoms. The van der Waals surface area contributed by atoms with Crippen LogP contribution in [0.15, 0.2) is 6.07 Å². The van der Waals surface area contributed by atoms with Gasteiger partial charge in [-0.1, -0.05) is 13.8 Å². The highest BCUT2D eigenvalue weighted by molar-refractivity contribution is 7.18. The fourth-order valence-corrected chi connectivity index (χ4v) is 3.20. The molecule has 90 valence electrons. The Kier molecular flexibility index (Phi) is 2.20. The third kappa shape index (κ3) is 1.71. The molecule has 1 aliphatic rings. The number of nitrogens with zero attached hydrogens (tertiary/aromatic N) is 2. The summed E-state index contributed by atoms with van der Waals surface area (Å²) in [7, 11) is 1.93. The molecule has 0 aliphatic heterocycles. The molecule has 1 saturated carbocycles. The molecule has 1 unspecified atom stereocenters. The lowest BCUT2D eigenvalue weighted by Gasteiger charge is -2.06. The van der Waals surface area contributed by atoms with Crippen molar-refractivity contribution in [2.24, 2.45) is 5.41 Å². The molecule has 4 heteroatoms. The molecule has 0 amide bonds. The maximum atomic E-state index is 4.73. The molecule has 1 atom stereocenters. The molecule has 2 aromatic rings. The lowest BCUT2D eigenvalue weighted by molar-refractivity contribution is 0.610. The number of thiophene rings is 1. The third-order valence-corrected chi connectivity index (χ3v) is 4.54. The maximum absolute atomic E-state index is 4.73. The number of hydrogen-bond donors (Lipinski definition) is 1. The molecular formula is C13H17N3S. The number of aromatic nitrogens is 2. The molecule has 0 radical (unpaired) electrons. The number of rotatable bonds is 2. The summed E-state index contributed by atoms with van der Waals surface area (Å²) in [5, 5.41) is 4.34. The molecule has 3 nitrogen and oxygen atoms in total. The smallest absolute Gasteiger partial charge is 0.138 e. The van der Waals surface area contributed by atoms with Gasteiger partial charge in [-0.2, -0.15) is 0 Å². The normalized spacial score (nSPS) is 21.8. The van der Waals surface area contributed by atoms with Crippen LogP contribution in [0.5, 0.6) is 0 Å². The Morgan fingerprint density at radius 1 is 1.41 bits per heavy atom. The average Bonchev–Trinajstić information content (AvgIpc) is 2.74. The van der Waals surface area contributed by atoms with Crippen LogP contribution in [0.4, 0.5) is 5.82 Å². The Morgan fingerprint density at radius 2 is 2.12 bits per heavy atom. The van der Waals surface area contributed by atoms with Gasteiger partial charge in [-0.25, -0.2) is 9.97 Å². The second kappa shape index (κ2) is 3.42. The predicted molar refractivity (Wildman–Crippen MR) is 72.8 cm³/mol. The van der Waals surface area contributed by atoms with E-state index in [0.717, 1.165) is 21.9 Å². The monoisotopic (exact) mass is 247 g/mol. The van der Waals surface area contributed by atoms with E-state index in [1.165, 1.54) is 11.3 Å². The largest absolute Gasteiger partial charge is 0.372 e. The summed E-state index contributed by atoms with van der Waals surface area (Å²) in [4.78, 5) is 11.8. The van der Waals surface area contributed by atoms with E-state index in [-0.39, 0.29) is 0 Å². The number of hydrogen-bond acceptors (Lipinski definition) is 4. The molecule has 17 heavy (non-hydrogen) atoms. The number of nitrogens with one attached hydrogen (secondary N) is 1. The third-order valence-electron chi connectivity index (χ3n) is 3.60. The first-order chi connectivity index (χ1) is 8.01. The molecule has 2 aromatic heterocycles. The molecule has 0 saturated heterocycles. The Morgan fingerprint density at radius 3 is 2.71 bits per heavy atom. The van der Waals surface area contributed by atoms with Crippen molar-refractivity contribution in [2.75, 3.05) is 12.4 Å². The molecular weight excluding hydrogens is 230 g/mol. The Labute approximate surface area is 105 Å².